The molecule has 1 fully saturated rings. The Balaban J connectivity index is 2.12. The second kappa shape index (κ2) is 4.31. The maximum absolute atomic E-state index is 5.32. The van der Waals surface area contributed by atoms with E-state index >= 15 is 0 Å². The summed E-state index contributed by atoms with van der Waals surface area (Å²) in [5.41, 5.74) is 0. The van der Waals surface area contributed by atoms with Gasteiger partial charge in [0, 0.05) is 5.92 Å². The molecule has 4 heteroatoms. The molecule has 2 heterocycles. The Morgan fingerprint density at radius 3 is 3.00 bits per heavy atom. The summed E-state index contributed by atoms with van der Waals surface area (Å²) in [5, 5.41) is 7.44. The van der Waals surface area contributed by atoms with E-state index in [4.69, 9.17) is 4.52 Å². The Hall–Kier alpha value is -0.900. The van der Waals surface area contributed by atoms with E-state index in [1.165, 1.54) is 6.42 Å². The first kappa shape index (κ1) is 10.6. The van der Waals surface area contributed by atoms with E-state index in [0.29, 0.717) is 11.8 Å². The number of nitrogens with zero attached hydrogens (tertiary/aromatic N) is 2. The maximum atomic E-state index is 5.32. The zero-order valence-corrected chi connectivity index (χ0v) is 9.66. The lowest BCUT2D eigenvalue weighted by atomic mass is 10.0. The summed E-state index contributed by atoms with van der Waals surface area (Å²) < 4.78 is 5.32. The molecule has 1 aromatic heterocycles. The van der Waals surface area contributed by atoms with E-state index < -0.39 is 0 Å². The molecule has 2 rings (SSSR count). The van der Waals surface area contributed by atoms with E-state index in [1.807, 2.05) is 0 Å². The average molecular weight is 209 g/mol. The van der Waals surface area contributed by atoms with Crippen molar-refractivity contribution in [3.63, 3.8) is 0 Å². The third-order valence-electron chi connectivity index (χ3n) is 3.31. The zero-order valence-electron chi connectivity index (χ0n) is 9.66. The van der Waals surface area contributed by atoms with Crippen molar-refractivity contribution in [3.8, 4) is 0 Å². The molecule has 3 unspecified atom stereocenters. The Morgan fingerprint density at radius 1 is 1.60 bits per heavy atom. The fraction of sp³-hybridized carbons (Fsp3) is 0.818. The molecule has 0 aliphatic carbocycles. The van der Waals surface area contributed by atoms with Crippen molar-refractivity contribution < 1.29 is 4.52 Å². The standard InChI is InChI=1S/C11H19N3O/c1-4-7(2)10-13-11(15-14-10)9-8(3)5-6-12-9/h7-9,12H,4-6H2,1-3H3. The van der Waals surface area contributed by atoms with Gasteiger partial charge in [-0.05, 0) is 25.3 Å². The van der Waals surface area contributed by atoms with Gasteiger partial charge in [0.2, 0.25) is 5.89 Å². The SMILES string of the molecule is CCC(C)c1noc(C2NCCC2C)n1. The van der Waals surface area contributed by atoms with Crippen LogP contribution in [0.5, 0.6) is 0 Å². The Labute approximate surface area is 90.4 Å². The van der Waals surface area contributed by atoms with Crippen LogP contribution in [0.1, 0.15) is 57.3 Å². The van der Waals surface area contributed by atoms with Crippen molar-refractivity contribution in [1.29, 1.82) is 0 Å². The maximum Gasteiger partial charge on any atom is 0.244 e. The highest BCUT2D eigenvalue weighted by molar-refractivity contribution is 5.00. The predicted molar refractivity (Wildman–Crippen MR) is 57.5 cm³/mol. The highest BCUT2D eigenvalue weighted by atomic mass is 16.5. The molecule has 4 nitrogen and oxygen atoms in total. The molecule has 0 amide bonds. The van der Waals surface area contributed by atoms with Gasteiger partial charge in [0.15, 0.2) is 5.82 Å². The van der Waals surface area contributed by atoms with Gasteiger partial charge in [0.1, 0.15) is 0 Å². The van der Waals surface area contributed by atoms with Crippen LogP contribution in [-0.2, 0) is 0 Å². The van der Waals surface area contributed by atoms with Crippen molar-refractivity contribution >= 4 is 0 Å². The molecule has 0 saturated carbocycles. The van der Waals surface area contributed by atoms with Gasteiger partial charge in [-0.15, -0.1) is 0 Å². The lowest BCUT2D eigenvalue weighted by Crippen LogP contribution is -2.16. The van der Waals surface area contributed by atoms with Crippen LogP contribution >= 0.6 is 0 Å². The summed E-state index contributed by atoms with van der Waals surface area (Å²) >= 11 is 0. The van der Waals surface area contributed by atoms with E-state index in [2.05, 4.69) is 36.2 Å². The fourth-order valence-corrected chi connectivity index (χ4v) is 1.92. The molecule has 0 aromatic carbocycles. The minimum Gasteiger partial charge on any atom is -0.338 e. The van der Waals surface area contributed by atoms with Crippen molar-refractivity contribution in [2.45, 2.75) is 45.6 Å². The molecule has 15 heavy (non-hydrogen) atoms. The molecule has 0 radical (unpaired) electrons. The van der Waals surface area contributed by atoms with Gasteiger partial charge >= 0.3 is 0 Å². The van der Waals surface area contributed by atoms with Gasteiger partial charge in [-0.25, -0.2) is 0 Å². The second-order valence-corrected chi connectivity index (χ2v) is 4.50. The Bertz CT molecular complexity index is 323. The van der Waals surface area contributed by atoms with Gasteiger partial charge in [-0.2, -0.15) is 4.98 Å². The van der Waals surface area contributed by atoms with Gasteiger partial charge in [-0.1, -0.05) is 25.9 Å². The van der Waals surface area contributed by atoms with Crippen LogP contribution in [0.2, 0.25) is 0 Å². The molecule has 1 aliphatic rings. The topological polar surface area (TPSA) is 51.0 Å². The fourth-order valence-electron chi connectivity index (χ4n) is 1.92. The smallest absolute Gasteiger partial charge is 0.244 e. The van der Waals surface area contributed by atoms with E-state index in [-0.39, 0.29) is 6.04 Å². The lowest BCUT2D eigenvalue weighted by molar-refractivity contribution is 0.315. The van der Waals surface area contributed by atoms with Crippen molar-refractivity contribution in [3.05, 3.63) is 11.7 Å². The zero-order chi connectivity index (χ0) is 10.8. The molecule has 1 aliphatic heterocycles. The minimum atomic E-state index is 0.260. The molecule has 3 atom stereocenters. The summed E-state index contributed by atoms with van der Waals surface area (Å²) in [7, 11) is 0. The van der Waals surface area contributed by atoms with Gasteiger partial charge < -0.3 is 9.84 Å². The van der Waals surface area contributed by atoms with Crippen LogP contribution in [0.25, 0.3) is 0 Å². The van der Waals surface area contributed by atoms with Crippen LogP contribution in [0.3, 0.4) is 0 Å². The number of rotatable bonds is 3. The van der Waals surface area contributed by atoms with Crippen LogP contribution in [0, 0.1) is 5.92 Å². The summed E-state index contributed by atoms with van der Waals surface area (Å²) in [4.78, 5) is 4.47. The monoisotopic (exact) mass is 209 g/mol. The molecule has 1 aromatic rings. The van der Waals surface area contributed by atoms with E-state index in [0.717, 1.165) is 24.7 Å². The van der Waals surface area contributed by atoms with Crippen LogP contribution in [0.4, 0.5) is 0 Å². The Morgan fingerprint density at radius 2 is 2.40 bits per heavy atom. The summed E-state index contributed by atoms with van der Waals surface area (Å²) in [6.45, 7) is 7.53. The third kappa shape index (κ3) is 2.04. The largest absolute Gasteiger partial charge is 0.338 e. The first-order valence-electron chi connectivity index (χ1n) is 5.79. The highest BCUT2D eigenvalue weighted by Crippen LogP contribution is 2.28. The third-order valence-corrected chi connectivity index (χ3v) is 3.31. The normalized spacial score (nSPS) is 28.2. The molecular weight excluding hydrogens is 190 g/mol. The summed E-state index contributed by atoms with van der Waals surface area (Å²) in [6.07, 6.45) is 2.23. The molecule has 1 N–H and O–H groups in total. The van der Waals surface area contributed by atoms with Crippen LogP contribution < -0.4 is 5.32 Å². The molecule has 1 saturated heterocycles. The summed E-state index contributed by atoms with van der Waals surface area (Å²) in [6, 6.07) is 0.260. The molecule has 0 spiro atoms. The number of hydrogen-bond acceptors (Lipinski definition) is 4. The lowest BCUT2D eigenvalue weighted by Gasteiger charge is -2.09. The first-order chi connectivity index (χ1) is 7.22. The number of nitrogens with one attached hydrogen (secondary N) is 1. The van der Waals surface area contributed by atoms with E-state index in [9.17, 15) is 0 Å². The van der Waals surface area contributed by atoms with Crippen molar-refractivity contribution in [1.82, 2.24) is 15.5 Å². The predicted octanol–water partition coefficient (Wildman–Crippen LogP) is 2.25. The van der Waals surface area contributed by atoms with Crippen molar-refractivity contribution in [2.24, 2.45) is 5.92 Å². The minimum absolute atomic E-state index is 0.260. The summed E-state index contributed by atoms with van der Waals surface area (Å²) in [5.74, 6) is 2.58. The molecule has 84 valence electrons. The quantitative estimate of drug-likeness (QED) is 0.829. The van der Waals surface area contributed by atoms with Crippen LogP contribution in [-0.4, -0.2) is 16.7 Å². The first-order valence-corrected chi connectivity index (χ1v) is 5.79. The molecular formula is C11H19N3O. The van der Waals surface area contributed by atoms with Crippen LogP contribution in [0.15, 0.2) is 4.52 Å². The van der Waals surface area contributed by atoms with Crippen molar-refractivity contribution in [2.75, 3.05) is 6.54 Å². The number of aromatic nitrogens is 2. The molecule has 0 bridgehead atoms. The highest BCUT2D eigenvalue weighted by Gasteiger charge is 2.29. The number of hydrogen-bond donors (Lipinski definition) is 1. The van der Waals surface area contributed by atoms with Gasteiger partial charge in [-0.3, -0.25) is 0 Å². The Kier molecular flexibility index (Phi) is 3.05. The average Bonchev–Trinajstić information content (AvgIpc) is 2.84. The second-order valence-electron chi connectivity index (χ2n) is 4.50. The van der Waals surface area contributed by atoms with E-state index in [1.54, 1.807) is 0 Å². The van der Waals surface area contributed by atoms with Gasteiger partial charge in [0.25, 0.3) is 0 Å². The van der Waals surface area contributed by atoms with Gasteiger partial charge in [0.05, 0.1) is 6.04 Å².